The van der Waals surface area contributed by atoms with Crippen molar-refractivity contribution in [1.29, 1.82) is 0 Å². The molecule has 2 aromatic rings. The molecule has 3 rings (SSSR count). The number of amides is 1. The van der Waals surface area contributed by atoms with E-state index < -0.39 is 6.04 Å². The molecule has 2 N–H and O–H groups in total. The lowest BCUT2D eigenvalue weighted by atomic mass is 10.0. The van der Waals surface area contributed by atoms with Crippen LogP contribution >= 0.6 is 12.4 Å². The molecule has 158 valence electrons. The molecule has 1 aromatic heterocycles. The average Bonchev–Trinajstić information content (AvgIpc) is 3.18. The number of carbonyl (C=O) groups excluding carboxylic acids is 2. The SMILES string of the molecule is CC(C)OC(=O)CC(NC(=O)c1ccn(C2CCCNC2)n1)c1ccccc1.Cl. The third-order valence-electron chi connectivity index (χ3n) is 4.73. The predicted octanol–water partition coefficient (Wildman–Crippen LogP) is 3.04. The molecule has 1 amide bonds. The Kier molecular flexibility index (Phi) is 8.67. The molecule has 0 saturated carbocycles. The molecule has 0 aliphatic carbocycles. The second kappa shape index (κ2) is 11.0. The van der Waals surface area contributed by atoms with Crippen LogP contribution in [-0.4, -0.2) is 40.9 Å². The minimum absolute atomic E-state index is 0. The monoisotopic (exact) mass is 420 g/mol. The normalized spacial score (nSPS) is 17.3. The number of piperidine rings is 1. The molecule has 0 bridgehead atoms. The first-order valence-electron chi connectivity index (χ1n) is 9.84. The summed E-state index contributed by atoms with van der Waals surface area (Å²) in [6.07, 6.45) is 3.86. The van der Waals surface area contributed by atoms with E-state index in [1.165, 1.54) is 0 Å². The van der Waals surface area contributed by atoms with E-state index >= 15 is 0 Å². The van der Waals surface area contributed by atoms with E-state index in [1.54, 1.807) is 19.9 Å². The van der Waals surface area contributed by atoms with Crippen LogP contribution in [0.3, 0.4) is 0 Å². The molecule has 2 heterocycles. The van der Waals surface area contributed by atoms with Crippen LogP contribution in [0, 0.1) is 0 Å². The van der Waals surface area contributed by atoms with Crippen molar-refractivity contribution in [2.24, 2.45) is 0 Å². The van der Waals surface area contributed by atoms with Crippen LogP contribution in [0.1, 0.15) is 61.2 Å². The Balaban J connectivity index is 0.00000300. The Morgan fingerprint density at radius 3 is 2.69 bits per heavy atom. The van der Waals surface area contributed by atoms with Crippen molar-refractivity contribution >= 4 is 24.3 Å². The number of rotatable bonds is 7. The molecule has 1 fully saturated rings. The lowest BCUT2D eigenvalue weighted by Gasteiger charge is -2.23. The van der Waals surface area contributed by atoms with Crippen molar-refractivity contribution in [3.05, 3.63) is 53.9 Å². The van der Waals surface area contributed by atoms with Crippen LogP contribution in [0.15, 0.2) is 42.6 Å². The van der Waals surface area contributed by atoms with E-state index in [0.717, 1.165) is 31.5 Å². The third kappa shape index (κ3) is 6.58. The molecule has 29 heavy (non-hydrogen) atoms. The molecule has 2 atom stereocenters. The first-order valence-corrected chi connectivity index (χ1v) is 9.84. The first-order chi connectivity index (χ1) is 13.5. The molecule has 1 aliphatic heterocycles. The van der Waals surface area contributed by atoms with Gasteiger partial charge >= 0.3 is 5.97 Å². The molecule has 8 heteroatoms. The maximum atomic E-state index is 12.8. The van der Waals surface area contributed by atoms with Crippen LogP contribution in [0.2, 0.25) is 0 Å². The van der Waals surface area contributed by atoms with Crippen molar-refractivity contribution in [2.75, 3.05) is 13.1 Å². The summed E-state index contributed by atoms with van der Waals surface area (Å²) in [4.78, 5) is 24.9. The molecule has 1 aliphatic rings. The maximum absolute atomic E-state index is 12.8. The number of halogens is 1. The van der Waals surface area contributed by atoms with Crippen molar-refractivity contribution in [1.82, 2.24) is 20.4 Å². The number of carbonyl (C=O) groups is 2. The lowest BCUT2D eigenvalue weighted by Crippen LogP contribution is -2.33. The Labute approximate surface area is 177 Å². The van der Waals surface area contributed by atoms with Gasteiger partial charge in [-0.15, -0.1) is 12.4 Å². The number of ether oxygens (including phenoxy) is 1. The Morgan fingerprint density at radius 2 is 2.03 bits per heavy atom. The van der Waals surface area contributed by atoms with Crippen molar-refractivity contribution in [3.8, 4) is 0 Å². The van der Waals surface area contributed by atoms with Gasteiger partial charge in [-0.1, -0.05) is 30.3 Å². The van der Waals surface area contributed by atoms with Gasteiger partial charge in [-0.25, -0.2) is 0 Å². The molecule has 1 aromatic carbocycles. The number of aromatic nitrogens is 2. The van der Waals surface area contributed by atoms with Crippen LogP contribution in [0.4, 0.5) is 0 Å². The van der Waals surface area contributed by atoms with Crippen LogP contribution in [-0.2, 0) is 9.53 Å². The minimum atomic E-state index is -0.471. The van der Waals surface area contributed by atoms with Crippen molar-refractivity contribution < 1.29 is 14.3 Å². The second-order valence-electron chi connectivity index (χ2n) is 7.36. The summed E-state index contributed by atoms with van der Waals surface area (Å²) in [6, 6.07) is 11.0. The van der Waals surface area contributed by atoms with Gasteiger partial charge in [-0.05, 0) is 44.9 Å². The summed E-state index contributed by atoms with van der Waals surface area (Å²) in [5, 5.41) is 10.7. The van der Waals surface area contributed by atoms with Crippen molar-refractivity contribution in [3.63, 3.8) is 0 Å². The Morgan fingerprint density at radius 1 is 1.28 bits per heavy atom. The fraction of sp³-hybridized carbons (Fsp3) is 0.476. The van der Waals surface area contributed by atoms with Gasteiger partial charge < -0.3 is 15.4 Å². The molecule has 0 radical (unpaired) electrons. The number of esters is 1. The fourth-order valence-corrected chi connectivity index (χ4v) is 3.37. The maximum Gasteiger partial charge on any atom is 0.308 e. The van der Waals surface area contributed by atoms with Crippen LogP contribution < -0.4 is 10.6 Å². The molecule has 0 spiro atoms. The summed E-state index contributed by atoms with van der Waals surface area (Å²) < 4.78 is 7.11. The number of hydrogen-bond acceptors (Lipinski definition) is 5. The number of nitrogens with zero attached hydrogens (tertiary/aromatic N) is 2. The number of nitrogens with one attached hydrogen (secondary N) is 2. The van der Waals surface area contributed by atoms with E-state index in [2.05, 4.69) is 15.7 Å². The van der Waals surface area contributed by atoms with Gasteiger partial charge in [0, 0.05) is 12.7 Å². The van der Waals surface area contributed by atoms with E-state index in [1.807, 2.05) is 41.2 Å². The molecule has 1 saturated heterocycles. The largest absolute Gasteiger partial charge is 0.463 e. The molecule has 7 nitrogen and oxygen atoms in total. The predicted molar refractivity (Wildman–Crippen MR) is 113 cm³/mol. The van der Waals surface area contributed by atoms with Crippen LogP contribution in [0.25, 0.3) is 0 Å². The zero-order valence-corrected chi connectivity index (χ0v) is 17.7. The smallest absolute Gasteiger partial charge is 0.308 e. The highest BCUT2D eigenvalue weighted by molar-refractivity contribution is 5.92. The van der Waals surface area contributed by atoms with Gasteiger partial charge in [0.25, 0.3) is 5.91 Å². The topological polar surface area (TPSA) is 85.2 Å². The van der Waals surface area contributed by atoms with Gasteiger partial charge in [0.2, 0.25) is 0 Å². The Hall–Kier alpha value is -2.38. The average molecular weight is 421 g/mol. The van der Waals surface area contributed by atoms with Gasteiger partial charge in [0.15, 0.2) is 0 Å². The molecular formula is C21H29ClN4O3. The first kappa shape index (κ1) is 22.9. The van der Waals surface area contributed by atoms with E-state index in [-0.39, 0.29) is 42.9 Å². The van der Waals surface area contributed by atoms with Gasteiger partial charge in [-0.3, -0.25) is 14.3 Å². The summed E-state index contributed by atoms with van der Waals surface area (Å²) in [5.74, 6) is -0.642. The van der Waals surface area contributed by atoms with Gasteiger partial charge in [0.05, 0.1) is 24.6 Å². The minimum Gasteiger partial charge on any atom is -0.463 e. The quantitative estimate of drug-likeness (QED) is 0.672. The summed E-state index contributed by atoms with van der Waals surface area (Å²) in [6.45, 7) is 5.49. The highest BCUT2D eigenvalue weighted by Gasteiger charge is 2.23. The Bertz CT molecular complexity index is 788. The van der Waals surface area contributed by atoms with Gasteiger partial charge in [-0.2, -0.15) is 5.10 Å². The number of benzene rings is 1. The zero-order valence-electron chi connectivity index (χ0n) is 16.8. The summed E-state index contributed by atoms with van der Waals surface area (Å²) >= 11 is 0. The third-order valence-corrected chi connectivity index (χ3v) is 4.73. The highest BCUT2D eigenvalue weighted by atomic mass is 35.5. The number of hydrogen-bond donors (Lipinski definition) is 2. The van der Waals surface area contributed by atoms with Crippen molar-refractivity contribution in [2.45, 2.75) is 51.3 Å². The van der Waals surface area contributed by atoms with E-state index in [4.69, 9.17) is 4.74 Å². The fourth-order valence-electron chi connectivity index (χ4n) is 3.37. The molecular weight excluding hydrogens is 392 g/mol. The van der Waals surface area contributed by atoms with E-state index in [0.29, 0.717) is 5.69 Å². The van der Waals surface area contributed by atoms with E-state index in [9.17, 15) is 9.59 Å². The van der Waals surface area contributed by atoms with Gasteiger partial charge in [0.1, 0.15) is 5.69 Å². The zero-order chi connectivity index (χ0) is 19.9. The summed E-state index contributed by atoms with van der Waals surface area (Å²) in [5.41, 5.74) is 1.20. The standard InChI is InChI=1S/C21H28N4O3.ClH/c1-15(2)28-20(26)13-19(16-7-4-3-5-8-16)23-21(27)18-10-12-25(24-18)17-9-6-11-22-14-17;/h3-5,7-8,10,12,15,17,19,22H,6,9,11,13-14H2,1-2H3,(H,23,27);1H. The summed E-state index contributed by atoms with van der Waals surface area (Å²) in [7, 11) is 0. The van der Waals surface area contributed by atoms with Crippen LogP contribution in [0.5, 0.6) is 0 Å². The molecule has 2 unspecified atom stereocenters. The second-order valence-corrected chi connectivity index (χ2v) is 7.36. The lowest BCUT2D eigenvalue weighted by molar-refractivity contribution is -0.147. The highest BCUT2D eigenvalue weighted by Crippen LogP contribution is 2.19.